The average Bonchev–Trinajstić information content (AvgIpc) is 2.64. The molecule has 0 aliphatic heterocycles. The fourth-order valence-electron chi connectivity index (χ4n) is 1.96. The van der Waals surface area contributed by atoms with Crippen LogP contribution in [-0.2, 0) is 4.79 Å². The Kier molecular flexibility index (Phi) is 6.49. The molecule has 2 aromatic rings. The van der Waals surface area contributed by atoms with Crippen LogP contribution in [-0.4, -0.2) is 15.8 Å². The zero-order chi connectivity index (χ0) is 20.8. The molecule has 10 nitrogen and oxygen atoms in total. The first-order valence-electron chi connectivity index (χ1n) is 7.29. The van der Waals surface area contributed by atoms with E-state index in [0.29, 0.717) is 0 Å². The molecule has 0 spiro atoms. The van der Waals surface area contributed by atoms with Crippen LogP contribution in [0.15, 0.2) is 48.2 Å². The molecule has 0 aromatic heterocycles. The van der Waals surface area contributed by atoms with E-state index in [1.807, 2.05) is 0 Å². The molecule has 0 fully saturated rings. The van der Waals surface area contributed by atoms with Gasteiger partial charge in [0.15, 0.2) is 0 Å². The highest BCUT2D eigenvalue weighted by atomic mass is 35.5. The zero-order valence-corrected chi connectivity index (χ0v) is 15.2. The molecule has 0 atom stereocenters. The van der Waals surface area contributed by atoms with E-state index < -0.39 is 27.0 Å². The second-order valence-electron chi connectivity index (χ2n) is 5.11. The van der Waals surface area contributed by atoms with E-state index >= 15 is 0 Å². The standard InChI is InChI=1S/C16H9Cl2N5O5/c17-12-4-2-11(22(25)26)6-14(12)20-8-9(7-19)16(24)21-10-1-3-13(18)15(5-10)23(27)28/h1-6,8,20H,(H,21,24)/b9-8-. The summed E-state index contributed by atoms with van der Waals surface area (Å²) in [6.45, 7) is 0. The van der Waals surface area contributed by atoms with E-state index in [4.69, 9.17) is 28.5 Å². The Balaban J connectivity index is 2.21. The fourth-order valence-corrected chi connectivity index (χ4v) is 2.32. The van der Waals surface area contributed by atoms with Gasteiger partial charge in [0, 0.05) is 30.1 Å². The monoisotopic (exact) mass is 421 g/mol. The van der Waals surface area contributed by atoms with Crippen molar-refractivity contribution >= 4 is 51.9 Å². The molecule has 0 unspecified atom stereocenters. The number of carbonyl (C=O) groups excluding carboxylic acids is 1. The summed E-state index contributed by atoms with van der Waals surface area (Å²) in [4.78, 5) is 32.6. The highest BCUT2D eigenvalue weighted by Gasteiger charge is 2.16. The van der Waals surface area contributed by atoms with Crippen molar-refractivity contribution in [3.05, 3.63) is 78.4 Å². The van der Waals surface area contributed by atoms with Gasteiger partial charge in [0.05, 0.1) is 20.6 Å². The lowest BCUT2D eigenvalue weighted by molar-refractivity contribution is -0.384. The lowest BCUT2D eigenvalue weighted by Crippen LogP contribution is -2.14. The Hall–Kier alpha value is -3.68. The molecular weight excluding hydrogens is 413 g/mol. The van der Waals surface area contributed by atoms with Crippen LogP contribution in [0.3, 0.4) is 0 Å². The van der Waals surface area contributed by atoms with Crippen LogP contribution in [0.4, 0.5) is 22.7 Å². The van der Waals surface area contributed by atoms with Crippen LogP contribution < -0.4 is 10.6 Å². The van der Waals surface area contributed by atoms with Gasteiger partial charge in [0.1, 0.15) is 16.7 Å². The number of nitrogens with one attached hydrogen (secondary N) is 2. The Bertz CT molecular complexity index is 1050. The van der Waals surface area contributed by atoms with Gasteiger partial charge < -0.3 is 10.6 Å². The Morgan fingerprint density at radius 2 is 1.75 bits per heavy atom. The topological polar surface area (TPSA) is 151 Å². The largest absolute Gasteiger partial charge is 0.359 e. The molecule has 1 amide bonds. The second kappa shape index (κ2) is 8.81. The summed E-state index contributed by atoms with van der Waals surface area (Å²) < 4.78 is 0. The molecule has 12 heteroatoms. The number of benzene rings is 2. The van der Waals surface area contributed by atoms with Gasteiger partial charge in [-0.3, -0.25) is 25.0 Å². The van der Waals surface area contributed by atoms with Gasteiger partial charge in [-0.05, 0) is 18.2 Å². The lowest BCUT2D eigenvalue weighted by Gasteiger charge is -2.07. The Morgan fingerprint density at radius 3 is 2.36 bits per heavy atom. The quantitative estimate of drug-likeness (QED) is 0.305. The number of hydrogen-bond donors (Lipinski definition) is 2. The van der Waals surface area contributed by atoms with Crippen LogP contribution in [0.25, 0.3) is 0 Å². The highest BCUT2D eigenvalue weighted by molar-refractivity contribution is 6.33. The van der Waals surface area contributed by atoms with Gasteiger partial charge >= 0.3 is 0 Å². The molecule has 2 aromatic carbocycles. The average molecular weight is 422 g/mol. The van der Waals surface area contributed by atoms with Gasteiger partial charge in [-0.2, -0.15) is 5.26 Å². The number of anilines is 2. The number of nitro benzene ring substituents is 2. The first kappa shape index (κ1) is 20.6. The molecule has 142 valence electrons. The number of non-ortho nitro benzene ring substituents is 1. The third-order valence-electron chi connectivity index (χ3n) is 3.30. The van der Waals surface area contributed by atoms with Crippen molar-refractivity contribution in [2.45, 2.75) is 0 Å². The van der Waals surface area contributed by atoms with Crippen LogP contribution >= 0.6 is 23.2 Å². The van der Waals surface area contributed by atoms with Crippen LogP contribution in [0, 0.1) is 31.6 Å². The van der Waals surface area contributed by atoms with Gasteiger partial charge in [-0.1, -0.05) is 23.2 Å². The maximum atomic E-state index is 12.2. The molecule has 2 N–H and O–H groups in total. The van der Waals surface area contributed by atoms with E-state index in [9.17, 15) is 25.0 Å². The summed E-state index contributed by atoms with van der Waals surface area (Å²) >= 11 is 11.6. The number of rotatable bonds is 6. The number of nitrogens with zero attached hydrogens (tertiary/aromatic N) is 3. The van der Waals surface area contributed by atoms with Crippen LogP contribution in [0.1, 0.15) is 0 Å². The number of hydrogen-bond acceptors (Lipinski definition) is 7. The summed E-state index contributed by atoms with van der Waals surface area (Å²) in [5.41, 5.74) is -0.894. The third-order valence-corrected chi connectivity index (χ3v) is 3.95. The summed E-state index contributed by atoms with van der Waals surface area (Å²) in [6.07, 6.45) is 1.00. The molecular formula is C16H9Cl2N5O5. The molecule has 0 saturated heterocycles. The fraction of sp³-hybridized carbons (Fsp3) is 0. The van der Waals surface area contributed by atoms with Crippen molar-refractivity contribution in [2.75, 3.05) is 10.6 Å². The minimum absolute atomic E-state index is 0.0515. The van der Waals surface area contributed by atoms with E-state index in [-0.39, 0.29) is 27.1 Å². The predicted octanol–water partition coefficient (Wildman–Crippen LogP) is 4.27. The number of halogens is 2. The van der Waals surface area contributed by atoms with Gasteiger partial charge in [-0.25, -0.2) is 0 Å². The van der Waals surface area contributed by atoms with Crippen molar-refractivity contribution in [1.29, 1.82) is 5.26 Å². The highest BCUT2D eigenvalue weighted by Crippen LogP contribution is 2.28. The first-order chi connectivity index (χ1) is 13.2. The summed E-state index contributed by atoms with van der Waals surface area (Å²) in [5.74, 6) is -0.867. The third kappa shape index (κ3) is 4.94. The lowest BCUT2D eigenvalue weighted by atomic mass is 10.2. The minimum Gasteiger partial charge on any atom is -0.359 e. The van der Waals surface area contributed by atoms with Crippen molar-refractivity contribution in [1.82, 2.24) is 0 Å². The molecule has 0 bridgehead atoms. The molecule has 0 aliphatic carbocycles. The molecule has 0 radical (unpaired) electrons. The van der Waals surface area contributed by atoms with Gasteiger partial charge in [-0.15, -0.1) is 0 Å². The zero-order valence-electron chi connectivity index (χ0n) is 13.7. The van der Waals surface area contributed by atoms with Gasteiger partial charge in [0.2, 0.25) is 0 Å². The van der Waals surface area contributed by atoms with E-state index in [0.717, 1.165) is 18.3 Å². The maximum Gasteiger partial charge on any atom is 0.289 e. The SMILES string of the molecule is N#C/C(=C/Nc1cc([N+](=O)[O-])ccc1Cl)C(=O)Nc1ccc(Cl)c([N+](=O)[O-])c1. The van der Waals surface area contributed by atoms with Crippen molar-refractivity contribution in [3.8, 4) is 6.07 Å². The molecule has 0 heterocycles. The maximum absolute atomic E-state index is 12.2. The molecule has 2 rings (SSSR count). The van der Waals surface area contributed by atoms with Crippen LogP contribution in [0.2, 0.25) is 10.0 Å². The Labute approximate surface area is 167 Å². The molecule has 0 saturated carbocycles. The number of amides is 1. The first-order valence-corrected chi connectivity index (χ1v) is 8.04. The number of nitro groups is 2. The van der Waals surface area contributed by atoms with E-state index in [2.05, 4.69) is 10.6 Å². The van der Waals surface area contributed by atoms with E-state index in [1.165, 1.54) is 24.3 Å². The smallest absolute Gasteiger partial charge is 0.289 e. The second-order valence-corrected chi connectivity index (χ2v) is 5.93. The summed E-state index contributed by atoms with van der Waals surface area (Å²) in [5, 5.41) is 35.8. The Morgan fingerprint density at radius 1 is 1.07 bits per heavy atom. The minimum atomic E-state index is -0.867. The summed E-state index contributed by atoms with van der Waals surface area (Å²) in [7, 11) is 0. The van der Waals surface area contributed by atoms with Crippen molar-refractivity contribution < 1.29 is 14.6 Å². The molecule has 28 heavy (non-hydrogen) atoms. The van der Waals surface area contributed by atoms with Crippen LogP contribution in [0.5, 0.6) is 0 Å². The number of carbonyl (C=O) groups is 1. The predicted molar refractivity (Wildman–Crippen MR) is 102 cm³/mol. The van der Waals surface area contributed by atoms with Gasteiger partial charge in [0.25, 0.3) is 17.3 Å². The molecule has 0 aliphatic rings. The van der Waals surface area contributed by atoms with Crippen molar-refractivity contribution in [3.63, 3.8) is 0 Å². The summed E-state index contributed by atoms with van der Waals surface area (Å²) in [6, 6.07) is 8.86. The van der Waals surface area contributed by atoms with E-state index in [1.54, 1.807) is 6.07 Å². The normalized spacial score (nSPS) is 10.7. The number of nitriles is 1. The van der Waals surface area contributed by atoms with Crippen molar-refractivity contribution in [2.24, 2.45) is 0 Å².